The Hall–Kier alpha value is -4.16. The van der Waals surface area contributed by atoms with Crippen molar-refractivity contribution in [3.8, 4) is 0 Å². The Morgan fingerprint density at radius 1 is 0.179 bits per heavy atom. The lowest BCUT2D eigenvalue weighted by Gasteiger charge is -2.19. The molecule has 0 saturated heterocycles. The molecule has 0 aliphatic heterocycles. The second kappa shape index (κ2) is 38.2. The molecular weight excluding hydrogens is 1010 g/mol. The molecule has 8 rings (SSSR count). The Morgan fingerprint density at radius 2 is 0.321 bits per heavy atom. The quantitative estimate of drug-likeness (QED) is 0.0264. The van der Waals surface area contributed by atoms with Crippen LogP contribution in [0.2, 0.25) is 0 Å². The van der Waals surface area contributed by atoms with Crippen LogP contribution in [-0.4, -0.2) is 0 Å². The Kier molecular flexibility index (Phi) is 30.6. The van der Waals surface area contributed by atoms with Crippen molar-refractivity contribution < 1.29 is 0 Å². The molecular formula is C84H124. The molecule has 0 aromatic heterocycles. The van der Waals surface area contributed by atoms with Crippen LogP contribution in [0.25, 0.3) is 64.6 Å². The highest BCUT2D eigenvalue weighted by molar-refractivity contribution is 6.26. The van der Waals surface area contributed by atoms with Crippen LogP contribution in [0, 0.1) is 27.7 Å². The van der Waals surface area contributed by atoms with E-state index in [0.29, 0.717) is 0 Å². The molecule has 460 valence electrons. The monoisotopic (exact) mass is 1130 g/mol. The van der Waals surface area contributed by atoms with Gasteiger partial charge in [0.1, 0.15) is 0 Å². The summed E-state index contributed by atoms with van der Waals surface area (Å²) in [5, 5.41) is 18.1. The van der Waals surface area contributed by atoms with Crippen molar-refractivity contribution in [1.29, 1.82) is 0 Å². The smallest absolute Gasteiger partial charge is 0.00212 e. The minimum absolute atomic E-state index is 1.22. The third-order valence-corrected chi connectivity index (χ3v) is 20.2. The van der Waals surface area contributed by atoms with Gasteiger partial charge >= 0.3 is 0 Å². The molecule has 0 heterocycles. The van der Waals surface area contributed by atoms with Gasteiger partial charge in [0.25, 0.3) is 0 Å². The van der Waals surface area contributed by atoms with Crippen molar-refractivity contribution in [3.05, 3.63) is 117 Å². The maximum Gasteiger partial charge on any atom is -0.00212 e. The first-order valence-electron chi connectivity index (χ1n) is 36.7. The molecule has 0 amide bonds. The van der Waals surface area contributed by atoms with Gasteiger partial charge in [-0.2, -0.15) is 0 Å². The highest BCUT2D eigenvalue weighted by atomic mass is 14.2. The molecule has 0 nitrogen and oxygen atoms in total. The van der Waals surface area contributed by atoms with Gasteiger partial charge in [-0.25, -0.2) is 0 Å². The van der Waals surface area contributed by atoms with E-state index in [0.717, 1.165) is 0 Å². The summed E-state index contributed by atoms with van der Waals surface area (Å²) in [6, 6.07) is 29.5. The van der Waals surface area contributed by atoms with Crippen molar-refractivity contribution in [3.63, 3.8) is 0 Å². The predicted molar refractivity (Wildman–Crippen MR) is 381 cm³/mol. The second-order valence-electron chi connectivity index (χ2n) is 27.3. The van der Waals surface area contributed by atoms with Crippen LogP contribution >= 0.6 is 0 Å². The maximum atomic E-state index is 2.51. The van der Waals surface area contributed by atoms with Crippen LogP contribution in [0.3, 0.4) is 0 Å². The topological polar surface area (TPSA) is 0 Å². The molecule has 0 spiro atoms. The summed E-state index contributed by atoms with van der Waals surface area (Å²) in [5.41, 5.74) is 12.1. The Bertz CT molecular complexity index is 2650. The second-order valence-corrected chi connectivity index (χ2v) is 27.3. The van der Waals surface area contributed by atoms with Gasteiger partial charge < -0.3 is 0 Å². The molecule has 84 heavy (non-hydrogen) atoms. The average Bonchev–Trinajstić information content (AvgIpc) is 0.964. The number of unbranched alkanes of at least 4 members (excludes halogenated alkanes) is 36. The van der Waals surface area contributed by atoms with E-state index in [2.05, 4.69) is 128 Å². The molecule has 0 bridgehead atoms. The molecule has 0 unspecified atom stereocenters. The van der Waals surface area contributed by atoms with Gasteiger partial charge in [0.2, 0.25) is 0 Å². The predicted octanol–water partition coefficient (Wildman–Crippen LogP) is 28.3. The highest BCUT2D eigenvalue weighted by Gasteiger charge is 2.19. The van der Waals surface area contributed by atoms with Crippen LogP contribution in [-0.2, 0) is 25.7 Å². The summed E-state index contributed by atoms with van der Waals surface area (Å²) in [6.07, 6.45) is 61.0. The SMILES string of the molecule is CCCCCCCCCCCCc1cc(C)c2ccc3c(CCCCCCCCCCCC)cc(C)c4ccc1c2c43.CCCCCCCCCCCCc1cc(C)c2ccc3c(CCCCCCCCCCCC)cc(C)c4ccc1c2c43. The Balaban J connectivity index is 0.000000241. The van der Waals surface area contributed by atoms with Crippen molar-refractivity contribution in [2.24, 2.45) is 0 Å². The van der Waals surface area contributed by atoms with Gasteiger partial charge in [0.05, 0.1) is 0 Å². The summed E-state index contributed by atoms with van der Waals surface area (Å²) in [7, 11) is 0. The van der Waals surface area contributed by atoms with E-state index >= 15 is 0 Å². The Labute approximate surface area is 517 Å². The molecule has 0 aliphatic rings. The summed E-state index contributed by atoms with van der Waals surface area (Å²) in [5.74, 6) is 0. The first-order chi connectivity index (χ1) is 41.3. The zero-order valence-corrected chi connectivity index (χ0v) is 56.0. The van der Waals surface area contributed by atoms with Gasteiger partial charge in [-0.3, -0.25) is 0 Å². The van der Waals surface area contributed by atoms with Crippen LogP contribution in [0.5, 0.6) is 0 Å². The third-order valence-electron chi connectivity index (χ3n) is 20.2. The van der Waals surface area contributed by atoms with Crippen molar-refractivity contribution in [2.75, 3.05) is 0 Å². The van der Waals surface area contributed by atoms with E-state index in [9.17, 15) is 0 Å². The molecule has 8 aromatic rings. The number of rotatable bonds is 44. The molecule has 0 atom stereocenters. The lowest BCUT2D eigenvalue weighted by molar-refractivity contribution is 0.556. The van der Waals surface area contributed by atoms with Crippen LogP contribution in [0.15, 0.2) is 72.8 Å². The van der Waals surface area contributed by atoms with E-state index in [1.54, 1.807) is 43.8 Å². The standard InChI is InChI=1S/2C42H62/c2*1-5-7-9-11-13-15-17-19-21-23-25-35-31-33(3)37-28-30-40-36(26-24-22-20-18-16-14-12-10-8-6-2)32-34(4)38-27-29-39(35)41(37)42(38)40/h2*27-32H,5-26H2,1-4H3. The van der Waals surface area contributed by atoms with E-state index in [1.165, 1.54) is 348 Å². The number of aryl methyl sites for hydroxylation is 8. The summed E-state index contributed by atoms with van der Waals surface area (Å²) < 4.78 is 0. The zero-order chi connectivity index (χ0) is 59.1. The largest absolute Gasteiger partial charge is 0.0654 e. The van der Waals surface area contributed by atoms with Crippen LogP contribution in [0.4, 0.5) is 0 Å². The van der Waals surface area contributed by atoms with E-state index < -0.39 is 0 Å². The fourth-order valence-electron chi connectivity index (χ4n) is 15.1. The first kappa shape index (κ1) is 67.3. The number of hydrogen-bond acceptors (Lipinski definition) is 0. The van der Waals surface area contributed by atoms with Gasteiger partial charge in [0.15, 0.2) is 0 Å². The van der Waals surface area contributed by atoms with Gasteiger partial charge in [-0.05, 0) is 188 Å². The molecule has 0 saturated carbocycles. The van der Waals surface area contributed by atoms with Crippen LogP contribution < -0.4 is 0 Å². The van der Waals surface area contributed by atoms with Gasteiger partial charge in [0, 0.05) is 0 Å². The fourth-order valence-corrected chi connectivity index (χ4v) is 15.1. The highest BCUT2D eigenvalue weighted by Crippen LogP contribution is 2.43. The minimum Gasteiger partial charge on any atom is -0.0654 e. The molecule has 0 fully saturated rings. The normalized spacial score (nSPS) is 12.0. The number of benzene rings is 8. The first-order valence-corrected chi connectivity index (χ1v) is 36.7. The summed E-state index contributed by atoms with van der Waals surface area (Å²) in [6.45, 7) is 18.6. The minimum atomic E-state index is 1.22. The van der Waals surface area contributed by atoms with Gasteiger partial charge in [-0.1, -0.05) is 332 Å². The maximum absolute atomic E-state index is 2.51. The molecule has 0 N–H and O–H groups in total. The molecule has 0 heteroatoms. The van der Waals surface area contributed by atoms with Crippen molar-refractivity contribution in [1.82, 2.24) is 0 Å². The fraction of sp³-hybridized carbons (Fsp3) is 0.619. The lowest BCUT2D eigenvalue weighted by atomic mass is 9.85. The molecule has 0 aliphatic carbocycles. The summed E-state index contributed by atoms with van der Waals surface area (Å²) >= 11 is 0. The number of hydrogen-bond donors (Lipinski definition) is 0. The van der Waals surface area contributed by atoms with E-state index in [1.807, 2.05) is 0 Å². The van der Waals surface area contributed by atoms with E-state index in [4.69, 9.17) is 0 Å². The molecule has 0 radical (unpaired) electrons. The van der Waals surface area contributed by atoms with Crippen molar-refractivity contribution in [2.45, 2.75) is 338 Å². The van der Waals surface area contributed by atoms with E-state index in [-0.39, 0.29) is 0 Å². The molecule has 8 aromatic carbocycles. The van der Waals surface area contributed by atoms with Crippen molar-refractivity contribution >= 4 is 64.6 Å². The Morgan fingerprint density at radius 3 is 0.488 bits per heavy atom. The van der Waals surface area contributed by atoms with Crippen LogP contribution in [0.1, 0.15) is 329 Å². The average molecular weight is 1130 g/mol. The lowest BCUT2D eigenvalue weighted by Crippen LogP contribution is -1.97. The van der Waals surface area contributed by atoms with Gasteiger partial charge in [-0.15, -0.1) is 0 Å². The zero-order valence-electron chi connectivity index (χ0n) is 56.0. The summed E-state index contributed by atoms with van der Waals surface area (Å²) in [4.78, 5) is 0. The third kappa shape index (κ3) is 19.9.